The highest BCUT2D eigenvalue weighted by molar-refractivity contribution is 5.72. The minimum Gasteiger partial charge on any atom is -0.308 e. The summed E-state index contributed by atoms with van der Waals surface area (Å²) in [5, 5.41) is 9.39. The summed E-state index contributed by atoms with van der Waals surface area (Å²) in [7, 11) is 0. The molecule has 5 rings (SSSR count). The van der Waals surface area contributed by atoms with Crippen LogP contribution in [0.1, 0.15) is 55.0 Å². The topological polar surface area (TPSA) is 54.5 Å². The molecule has 148 valence electrons. The second-order valence-corrected chi connectivity index (χ2v) is 8.09. The Morgan fingerprint density at radius 2 is 1.73 bits per heavy atom. The van der Waals surface area contributed by atoms with Gasteiger partial charge in [0.25, 0.3) is 0 Å². The molecule has 1 aliphatic carbocycles. The Hall–Kier alpha value is -3.45. The first-order valence-corrected chi connectivity index (χ1v) is 10.7. The molecule has 0 N–H and O–H groups in total. The van der Waals surface area contributed by atoms with Crippen LogP contribution in [-0.2, 0) is 6.54 Å². The Labute approximate surface area is 176 Å². The van der Waals surface area contributed by atoms with Gasteiger partial charge in [-0.2, -0.15) is 5.26 Å². The van der Waals surface area contributed by atoms with Gasteiger partial charge in [-0.05, 0) is 47.7 Å². The molecule has 0 radical (unpaired) electrons. The van der Waals surface area contributed by atoms with E-state index in [2.05, 4.69) is 46.0 Å². The van der Waals surface area contributed by atoms with Crippen LogP contribution >= 0.6 is 0 Å². The summed E-state index contributed by atoms with van der Waals surface area (Å²) in [5.41, 5.74) is 5.92. The van der Waals surface area contributed by atoms with Gasteiger partial charge in [0.15, 0.2) is 5.65 Å². The quantitative estimate of drug-likeness (QED) is 0.424. The second kappa shape index (κ2) is 8.12. The lowest BCUT2D eigenvalue weighted by atomic mass is 9.88. The van der Waals surface area contributed by atoms with E-state index in [9.17, 15) is 5.26 Å². The van der Waals surface area contributed by atoms with Gasteiger partial charge in [-0.25, -0.2) is 9.97 Å². The number of benzene rings is 2. The van der Waals surface area contributed by atoms with Gasteiger partial charge in [-0.15, -0.1) is 0 Å². The fourth-order valence-electron chi connectivity index (χ4n) is 4.61. The zero-order chi connectivity index (χ0) is 20.3. The van der Waals surface area contributed by atoms with Crippen LogP contribution in [0.25, 0.3) is 22.3 Å². The first-order chi connectivity index (χ1) is 14.8. The molecular formula is C26H24N4. The lowest BCUT2D eigenvalue weighted by Crippen LogP contribution is -2.13. The molecule has 0 amide bonds. The SMILES string of the molecule is N#Cc1ccccc1-c1ccc(Cn2c(C3CCCCC3)nc3cccnc32)cc1. The Morgan fingerprint density at radius 3 is 2.53 bits per heavy atom. The van der Waals surface area contributed by atoms with E-state index in [1.807, 2.05) is 36.5 Å². The van der Waals surface area contributed by atoms with Gasteiger partial charge >= 0.3 is 0 Å². The summed E-state index contributed by atoms with van der Waals surface area (Å²) in [6.07, 6.45) is 8.19. The molecule has 0 bridgehead atoms. The number of pyridine rings is 1. The second-order valence-electron chi connectivity index (χ2n) is 8.09. The fraction of sp³-hybridized carbons (Fsp3) is 0.269. The summed E-state index contributed by atoms with van der Waals surface area (Å²) >= 11 is 0. The van der Waals surface area contributed by atoms with E-state index in [4.69, 9.17) is 4.98 Å². The van der Waals surface area contributed by atoms with E-state index in [0.29, 0.717) is 11.5 Å². The monoisotopic (exact) mass is 392 g/mol. The molecule has 0 saturated heterocycles. The summed E-state index contributed by atoms with van der Waals surface area (Å²) in [4.78, 5) is 9.63. The fourth-order valence-corrected chi connectivity index (χ4v) is 4.61. The zero-order valence-corrected chi connectivity index (χ0v) is 17.0. The number of nitriles is 1. The summed E-state index contributed by atoms with van der Waals surface area (Å²) in [6.45, 7) is 0.763. The Morgan fingerprint density at radius 1 is 0.933 bits per heavy atom. The van der Waals surface area contributed by atoms with Gasteiger partial charge in [-0.1, -0.05) is 61.7 Å². The maximum absolute atomic E-state index is 9.39. The minimum absolute atomic E-state index is 0.523. The van der Waals surface area contributed by atoms with Crippen molar-refractivity contribution in [2.75, 3.05) is 0 Å². The van der Waals surface area contributed by atoms with Crippen molar-refractivity contribution in [2.45, 2.75) is 44.6 Å². The normalized spacial score (nSPS) is 14.6. The van der Waals surface area contributed by atoms with Crippen molar-refractivity contribution >= 4 is 11.2 Å². The van der Waals surface area contributed by atoms with Crippen molar-refractivity contribution in [3.63, 3.8) is 0 Å². The molecule has 4 aromatic rings. The summed E-state index contributed by atoms with van der Waals surface area (Å²) in [5.74, 6) is 1.71. The van der Waals surface area contributed by atoms with Crippen LogP contribution in [0.5, 0.6) is 0 Å². The van der Waals surface area contributed by atoms with E-state index in [1.54, 1.807) is 0 Å². The predicted octanol–water partition coefficient (Wildman–Crippen LogP) is 6.07. The number of hydrogen-bond donors (Lipinski definition) is 0. The number of hydrogen-bond acceptors (Lipinski definition) is 3. The van der Waals surface area contributed by atoms with Crippen LogP contribution in [-0.4, -0.2) is 14.5 Å². The first-order valence-electron chi connectivity index (χ1n) is 10.7. The van der Waals surface area contributed by atoms with Crippen LogP contribution in [0, 0.1) is 11.3 Å². The standard InChI is InChI=1S/C26H24N4/c27-17-22-9-4-5-10-23(22)20-14-12-19(13-15-20)18-30-25(21-7-2-1-3-8-21)29-24-11-6-16-28-26(24)30/h4-6,9-16,21H,1-3,7-8,18H2. The number of aromatic nitrogens is 3. The molecule has 30 heavy (non-hydrogen) atoms. The number of fused-ring (bicyclic) bond motifs is 1. The largest absolute Gasteiger partial charge is 0.308 e. The van der Waals surface area contributed by atoms with Gasteiger partial charge < -0.3 is 4.57 Å². The van der Waals surface area contributed by atoms with Gasteiger partial charge in [0.2, 0.25) is 0 Å². The van der Waals surface area contributed by atoms with Crippen molar-refractivity contribution in [3.05, 3.63) is 83.8 Å². The van der Waals surface area contributed by atoms with E-state index in [-0.39, 0.29) is 0 Å². The lowest BCUT2D eigenvalue weighted by Gasteiger charge is -2.22. The predicted molar refractivity (Wildman–Crippen MR) is 119 cm³/mol. The summed E-state index contributed by atoms with van der Waals surface area (Å²) < 4.78 is 2.31. The molecule has 4 nitrogen and oxygen atoms in total. The average Bonchev–Trinajstić information content (AvgIpc) is 3.18. The molecule has 0 unspecified atom stereocenters. The van der Waals surface area contributed by atoms with Crippen LogP contribution in [0.4, 0.5) is 0 Å². The van der Waals surface area contributed by atoms with Crippen molar-refractivity contribution in [2.24, 2.45) is 0 Å². The average molecular weight is 393 g/mol. The van der Waals surface area contributed by atoms with Crippen molar-refractivity contribution in [1.29, 1.82) is 5.26 Å². The number of nitrogens with zero attached hydrogens (tertiary/aromatic N) is 4. The van der Waals surface area contributed by atoms with Gasteiger partial charge in [0.05, 0.1) is 18.2 Å². The van der Waals surface area contributed by atoms with Gasteiger partial charge in [0.1, 0.15) is 11.3 Å². The third-order valence-electron chi connectivity index (χ3n) is 6.16. The van der Waals surface area contributed by atoms with Crippen molar-refractivity contribution < 1.29 is 0 Å². The van der Waals surface area contributed by atoms with Gasteiger partial charge in [-0.3, -0.25) is 0 Å². The Bertz CT molecular complexity index is 1210. The molecule has 2 heterocycles. The molecule has 1 fully saturated rings. The Kier molecular flexibility index (Phi) is 5.03. The molecule has 2 aromatic heterocycles. The van der Waals surface area contributed by atoms with Crippen LogP contribution in [0.15, 0.2) is 66.9 Å². The van der Waals surface area contributed by atoms with Crippen molar-refractivity contribution in [1.82, 2.24) is 14.5 Å². The van der Waals surface area contributed by atoms with E-state index in [0.717, 1.165) is 28.8 Å². The van der Waals surface area contributed by atoms with E-state index in [1.165, 1.54) is 43.5 Å². The highest BCUT2D eigenvalue weighted by atomic mass is 15.1. The minimum atomic E-state index is 0.523. The molecule has 0 atom stereocenters. The number of imidazole rings is 1. The van der Waals surface area contributed by atoms with Crippen LogP contribution < -0.4 is 0 Å². The maximum atomic E-state index is 9.39. The van der Waals surface area contributed by atoms with Crippen LogP contribution in [0.2, 0.25) is 0 Å². The third-order valence-corrected chi connectivity index (χ3v) is 6.16. The molecule has 1 aliphatic rings. The molecule has 0 spiro atoms. The molecule has 0 aliphatic heterocycles. The highest BCUT2D eigenvalue weighted by Gasteiger charge is 2.23. The Balaban J connectivity index is 1.49. The smallest absolute Gasteiger partial charge is 0.160 e. The van der Waals surface area contributed by atoms with Crippen molar-refractivity contribution in [3.8, 4) is 17.2 Å². The highest BCUT2D eigenvalue weighted by Crippen LogP contribution is 2.34. The molecule has 1 saturated carbocycles. The van der Waals surface area contributed by atoms with Gasteiger partial charge in [0, 0.05) is 12.1 Å². The lowest BCUT2D eigenvalue weighted by molar-refractivity contribution is 0.419. The molecular weight excluding hydrogens is 368 g/mol. The zero-order valence-electron chi connectivity index (χ0n) is 17.0. The van der Waals surface area contributed by atoms with E-state index < -0.39 is 0 Å². The maximum Gasteiger partial charge on any atom is 0.160 e. The molecule has 2 aromatic carbocycles. The number of rotatable bonds is 4. The molecule has 4 heteroatoms. The van der Waals surface area contributed by atoms with Crippen LogP contribution in [0.3, 0.4) is 0 Å². The first kappa shape index (κ1) is 18.6. The summed E-state index contributed by atoms with van der Waals surface area (Å²) in [6, 6.07) is 22.6. The third kappa shape index (κ3) is 3.48. The van der Waals surface area contributed by atoms with E-state index >= 15 is 0 Å².